The fourth-order valence-electron chi connectivity index (χ4n) is 1.57. The molecule has 0 spiro atoms. The zero-order valence-corrected chi connectivity index (χ0v) is 9.88. The van der Waals surface area contributed by atoms with Crippen molar-refractivity contribution in [3.05, 3.63) is 47.1 Å². The van der Waals surface area contributed by atoms with E-state index in [2.05, 4.69) is 4.98 Å². The Balaban J connectivity index is 2.51. The van der Waals surface area contributed by atoms with Crippen LogP contribution in [0.5, 0.6) is 5.75 Å². The van der Waals surface area contributed by atoms with Crippen LogP contribution in [0.2, 0.25) is 0 Å². The summed E-state index contributed by atoms with van der Waals surface area (Å²) in [6.45, 7) is 2.63. The average molecular weight is 231 g/mol. The summed E-state index contributed by atoms with van der Waals surface area (Å²) in [5.74, 6) is 0.877. The number of H-pyrrole nitrogens is 1. The molecule has 2 rings (SSSR count). The van der Waals surface area contributed by atoms with E-state index in [1.54, 1.807) is 0 Å². The molecule has 16 heavy (non-hydrogen) atoms. The van der Waals surface area contributed by atoms with Crippen LogP contribution in [0.15, 0.2) is 42.6 Å². The van der Waals surface area contributed by atoms with E-state index >= 15 is 0 Å². The molecule has 0 unspecified atom stereocenters. The predicted octanol–water partition coefficient (Wildman–Crippen LogP) is 3.81. The van der Waals surface area contributed by atoms with E-state index in [1.807, 2.05) is 49.5 Å². The number of para-hydroxylation sites is 1. The van der Waals surface area contributed by atoms with Gasteiger partial charge < -0.3 is 9.72 Å². The van der Waals surface area contributed by atoms with Crippen LogP contribution < -0.4 is 4.74 Å². The molecule has 0 saturated carbocycles. The summed E-state index contributed by atoms with van der Waals surface area (Å²) in [6.07, 6.45) is 1.85. The average Bonchev–Trinajstić information content (AvgIpc) is 2.30. The van der Waals surface area contributed by atoms with E-state index in [-0.39, 0.29) is 0 Å². The molecule has 1 heterocycles. The van der Waals surface area contributed by atoms with Crippen molar-refractivity contribution < 1.29 is 4.74 Å². The Hall–Kier alpha value is -1.61. The molecule has 2 nitrogen and oxygen atoms in total. The van der Waals surface area contributed by atoms with Gasteiger partial charge in [0, 0.05) is 16.3 Å². The highest BCUT2D eigenvalue weighted by Crippen LogP contribution is 2.28. The van der Waals surface area contributed by atoms with Crippen molar-refractivity contribution in [1.82, 2.24) is 4.98 Å². The van der Waals surface area contributed by atoms with Crippen molar-refractivity contribution >= 4 is 12.2 Å². The number of hydrogen-bond donors (Lipinski definition) is 1. The lowest BCUT2D eigenvalue weighted by Crippen LogP contribution is -1.94. The first kappa shape index (κ1) is 10.9. The number of nitrogens with one attached hydrogen (secondary N) is 1. The fraction of sp³-hybridized carbons (Fsp3) is 0.154. The second-order valence-electron chi connectivity index (χ2n) is 3.37. The Morgan fingerprint density at radius 1 is 1.25 bits per heavy atom. The Labute approximate surface area is 99.9 Å². The van der Waals surface area contributed by atoms with Crippen molar-refractivity contribution in [3.8, 4) is 17.0 Å². The van der Waals surface area contributed by atoms with Gasteiger partial charge in [-0.3, -0.25) is 0 Å². The second kappa shape index (κ2) is 4.94. The molecule has 1 aromatic carbocycles. The molecule has 1 aromatic heterocycles. The lowest BCUT2D eigenvalue weighted by molar-refractivity contribution is 0.341. The van der Waals surface area contributed by atoms with E-state index in [0.29, 0.717) is 6.61 Å². The van der Waals surface area contributed by atoms with Crippen molar-refractivity contribution in [2.45, 2.75) is 6.92 Å². The van der Waals surface area contributed by atoms with E-state index in [1.165, 1.54) is 0 Å². The third kappa shape index (κ3) is 2.31. The van der Waals surface area contributed by atoms with Gasteiger partial charge in [-0.05, 0) is 31.2 Å². The van der Waals surface area contributed by atoms with Crippen LogP contribution >= 0.6 is 12.2 Å². The van der Waals surface area contributed by atoms with Crippen LogP contribution in [0.25, 0.3) is 11.3 Å². The first-order chi connectivity index (χ1) is 7.81. The molecule has 0 aliphatic rings. The van der Waals surface area contributed by atoms with Gasteiger partial charge in [0.2, 0.25) is 0 Å². The van der Waals surface area contributed by atoms with Gasteiger partial charge in [0.05, 0.1) is 12.3 Å². The van der Waals surface area contributed by atoms with Gasteiger partial charge in [0.15, 0.2) is 0 Å². The molecule has 0 bridgehead atoms. The maximum absolute atomic E-state index is 5.58. The van der Waals surface area contributed by atoms with Crippen LogP contribution in [-0.2, 0) is 0 Å². The standard InChI is InChI=1S/C13H13NOS/c1-2-15-13-6-4-3-5-11(13)12-9-10(16)7-8-14-12/h3-9H,2H2,1H3,(H,14,16). The summed E-state index contributed by atoms with van der Waals surface area (Å²) in [6, 6.07) is 11.7. The quantitative estimate of drug-likeness (QED) is 0.812. The lowest BCUT2D eigenvalue weighted by Gasteiger charge is -2.09. The molecule has 0 fully saturated rings. The molecule has 0 amide bonds. The topological polar surface area (TPSA) is 25.0 Å². The van der Waals surface area contributed by atoms with E-state index in [9.17, 15) is 0 Å². The third-order valence-electron chi connectivity index (χ3n) is 2.25. The molecular formula is C13H13NOS. The van der Waals surface area contributed by atoms with Crippen LogP contribution in [0.3, 0.4) is 0 Å². The Morgan fingerprint density at radius 3 is 2.81 bits per heavy atom. The van der Waals surface area contributed by atoms with Gasteiger partial charge in [0.1, 0.15) is 5.75 Å². The number of aromatic amines is 1. The predicted molar refractivity (Wildman–Crippen MR) is 68.2 cm³/mol. The summed E-state index contributed by atoms with van der Waals surface area (Å²) in [7, 11) is 0. The first-order valence-corrected chi connectivity index (χ1v) is 5.63. The van der Waals surface area contributed by atoms with E-state index < -0.39 is 0 Å². The first-order valence-electron chi connectivity index (χ1n) is 5.22. The smallest absolute Gasteiger partial charge is 0.128 e. The minimum atomic E-state index is 0.657. The number of rotatable bonds is 3. The Kier molecular flexibility index (Phi) is 3.37. The molecule has 1 N–H and O–H groups in total. The highest BCUT2D eigenvalue weighted by Gasteiger charge is 2.04. The highest BCUT2D eigenvalue weighted by molar-refractivity contribution is 7.71. The van der Waals surface area contributed by atoms with Gasteiger partial charge >= 0.3 is 0 Å². The molecule has 0 saturated heterocycles. The van der Waals surface area contributed by atoms with Crippen LogP contribution in [0.4, 0.5) is 0 Å². The highest BCUT2D eigenvalue weighted by atomic mass is 32.1. The third-order valence-corrected chi connectivity index (χ3v) is 2.50. The Bertz CT molecular complexity index is 533. The van der Waals surface area contributed by atoms with E-state index in [4.69, 9.17) is 17.0 Å². The minimum absolute atomic E-state index is 0.657. The molecule has 0 atom stereocenters. The second-order valence-corrected chi connectivity index (χ2v) is 3.84. The van der Waals surface area contributed by atoms with Gasteiger partial charge in [-0.25, -0.2) is 0 Å². The zero-order valence-electron chi connectivity index (χ0n) is 9.07. The Morgan fingerprint density at radius 2 is 2.06 bits per heavy atom. The fourth-order valence-corrected chi connectivity index (χ4v) is 1.76. The number of ether oxygens (including phenoxy) is 1. The normalized spacial score (nSPS) is 10.1. The van der Waals surface area contributed by atoms with Crippen LogP contribution in [0, 0.1) is 4.51 Å². The monoisotopic (exact) mass is 231 g/mol. The summed E-state index contributed by atoms with van der Waals surface area (Å²) in [5, 5.41) is 0. The molecular weight excluding hydrogens is 218 g/mol. The van der Waals surface area contributed by atoms with Crippen molar-refractivity contribution in [2.24, 2.45) is 0 Å². The SMILES string of the molecule is CCOc1ccccc1-c1cc(=S)cc[nH]1. The summed E-state index contributed by atoms with van der Waals surface area (Å²) in [5.41, 5.74) is 2.02. The number of hydrogen-bond acceptors (Lipinski definition) is 2. The maximum Gasteiger partial charge on any atom is 0.128 e. The zero-order chi connectivity index (χ0) is 11.4. The van der Waals surface area contributed by atoms with Crippen LogP contribution in [-0.4, -0.2) is 11.6 Å². The summed E-state index contributed by atoms with van der Waals surface area (Å²) >= 11 is 5.15. The van der Waals surface area contributed by atoms with Crippen LogP contribution in [0.1, 0.15) is 6.92 Å². The van der Waals surface area contributed by atoms with Gasteiger partial charge in [-0.1, -0.05) is 24.4 Å². The van der Waals surface area contributed by atoms with Gasteiger partial charge in [-0.2, -0.15) is 0 Å². The maximum atomic E-state index is 5.58. The van der Waals surface area contributed by atoms with E-state index in [0.717, 1.165) is 21.5 Å². The van der Waals surface area contributed by atoms with Crippen molar-refractivity contribution in [2.75, 3.05) is 6.61 Å². The van der Waals surface area contributed by atoms with Crippen molar-refractivity contribution in [3.63, 3.8) is 0 Å². The molecule has 0 aliphatic carbocycles. The lowest BCUT2D eigenvalue weighted by atomic mass is 10.1. The summed E-state index contributed by atoms with van der Waals surface area (Å²) < 4.78 is 6.40. The van der Waals surface area contributed by atoms with Crippen molar-refractivity contribution in [1.29, 1.82) is 0 Å². The summed E-state index contributed by atoms with van der Waals surface area (Å²) in [4.78, 5) is 3.18. The minimum Gasteiger partial charge on any atom is -0.493 e. The molecule has 2 aromatic rings. The molecule has 3 heteroatoms. The molecule has 0 radical (unpaired) electrons. The molecule has 82 valence electrons. The largest absolute Gasteiger partial charge is 0.493 e. The number of benzene rings is 1. The van der Waals surface area contributed by atoms with Gasteiger partial charge in [0.25, 0.3) is 0 Å². The number of aromatic nitrogens is 1. The van der Waals surface area contributed by atoms with Gasteiger partial charge in [-0.15, -0.1) is 0 Å². The number of pyridine rings is 1. The molecule has 0 aliphatic heterocycles.